The number of rotatable bonds is 5. The van der Waals surface area contributed by atoms with E-state index in [1.807, 2.05) is 0 Å². The molecule has 0 unspecified atom stereocenters. The number of carbonyl (C=O) groups excluding carboxylic acids is 1. The monoisotopic (exact) mass is 291 g/mol. The number of anilines is 1. The number of nitrogens with one attached hydrogen (secondary N) is 1. The molecule has 1 amide bonds. The van der Waals surface area contributed by atoms with Crippen LogP contribution in [0, 0.1) is 0 Å². The maximum Gasteiger partial charge on any atom is 0.389 e. The molecule has 110 valence electrons. The number of ether oxygens (including phenoxy) is 1. The summed E-state index contributed by atoms with van der Waals surface area (Å²) >= 11 is 0. The van der Waals surface area contributed by atoms with E-state index in [-0.39, 0.29) is 17.0 Å². The number of hydrogen-bond donors (Lipinski definition) is 2. The topological polar surface area (TPSA) is 75.6 Å². The summed E-state index contributed by atoms with van der Waals surface area (Å²) in [5.74, 6) is -1.95. The van der Waals surface area contributed by atoms with Gasteiger partial charge in [0.25, 0.3) is 0 Å². The van der Waals surface area contributed by atoms with Gasteiger partial charge >= 0.3 is 12.1 Å². The predicted octanol–water partition coefficient (Wildman–Crippen LogP) is 2.67. The molecule has 0 fully saturated rings. The lowest BCUT2D eigenvalue weighted by atomic mass is 10.1. The van der Waals surface area contributed by atoms with E-state index in [1.165, 1.54) is 25.3 Å². The highest BCUT2D eigenvalue weighted by Gasteiger charge is 2.28. The van der Waals surface area contributed by atoms with Gasteiger partial charge < -0.3 is 15.2 Å². The second-order valence-electron chi connectivity index (χ2n) is 3.88. The van der Waals surface area contributed by atoms with Gasteiger partial charge in [-0.15, -0.1) is 0 Å². The van der Waals surface area contributed by atoms with Crippen molar-refractivity contribution in [3.8, 4) is 5.75 Å². The summed E-state index contributed by atoms with van der Waals surface area (Å²) in [5, 5.41) is 11.1. The van der Waals surface area contributed by atoms with Crippen LogP contribution in [-0.2, 0) is 4.79 Å². The number of methoxy groups -OCH3 is 1. The zero-order valence-corrected chi connectivity index (χ0v) is 10.5. The zero-order valence-electron chi connectivity index (χ0n) is 10.5. The van der Waals surface area contributed by atoms with Crippen molar-refractivity contribution in [1.82, 2.24) is 0 Å². The number of benzene rings is 1. The number of carbonyl (C=O) groups is 2. The SMILES string of the molecule is COc1ccc(C(=O)O)c(NC(=O)CCC(F)(F)F)c1. The second kappa shape index (κ2) is 6.27. The molecule has 5 nitrogen and oxygen atoms in total. The third-order valence-corrected chi connectivity index (χ3v) is 2.37. The van der Waals surface area contributed by atoms with Crippen LogP contribution in [0.25, 0.3) is 0 Å². The molecule has 0 saturated heterocycles. The molecule has 1 aromatic carbocycles. The molecule has 1 rings (SSSR count). The third-order valence-electron chi connectivity index (χ3n) is 2.37. The zero-order chi connectivity index (χ0) is 15.3. The molecule has 20 heavy (non-hydrogen) atoms. The molecule has 1 aromatic rings. The van der Waals surface area contributed by atoms with Crippen LogP contribution in [-0.4, -0.2) is 30.3 Å². The number of hydrogen-bond acceptors (Lipinski definition) is 3. The molecule has 0 atom stereocenters. The lowest BCUT2D eigenvalue weighted by Crippen LogP contribution is -2.18. The summed E-state index contributed by atoms with van der Waals surface area (Å²) in [6.45, 7) is 0. The first-order valence-electron chi connectivity index (χ1n) is 5.51. The summed E-state index contributed by atoms with van der Waals surface area (Å²) in [7, 11) is 1.34. The molecule has 2 N–H and O–H groups in total. The molecule has 0 aliphatic rings. The number of alkyl halides is 3. The van der Waals surface area contributed by atoms with Gasteiger partial charge in [-0.25, -0.2) is 4.79 Å². The average Bonchev–Trinajstić information content (AvgIpc) is 2.35. The summed E-state index contributed by atoms with van der Waals surface area (Å²) in [6, 6.07) is 3.80. The van der Waals surface area contributed by atoms with E-state index >= 15 is 0 Å². The van der Waals surface area contributed by atoms with Gasteiger partial charge in [0.1, 0.15) is 5.75 Å². The van der Waals surface area contributed by atoms with E-state index in [9.17, 15) is 22.8 Å². The van der Waals surface area contributed by atoms with Gasteiger partial charge in [-0.3, -0.25) is 4.79 Å². The van der Waals surface area contributed by atoms with Crippen LogP contribution >= 0.6 is 0 Å². The quantitative estimate of drug-likeness (QED) is 0.874. The number of halogens is 3. The van der Waals surface area contributed by atoms with Crippen molar-refractivity contribution in [3.05, 3.63) is 23.8 Å². The number of carboxylic acids is 1. The number of aromatic carboxylic acids is 1. The van der Waals surface area contributed by atoms with Crippen molar-refractivity contribution >= 4 is 17.6 Å². The van der Waals surface area contributed by atoms with Gasteiger partial charge in [-0.2, -0.15) is 13.2 Å². The lowest BCUT2D eigenvalue weighted by molar-refractivity contribution is -0.142. The first-order chi connectivity index (χ1) is 9.23. The molecule has 8 heteroatoms. The molecule has 0 radical (unpaired) electrons. The van der Waals surface area contributed by atoms with Crippen LogP contribution < -0.4 is 10.1 Å². The fourth-order valence-corrected chi connectivity index (χ4v) is 1.41. The molecule has 0 aliphatic carbocycles. The molecular formula is C12H12F3NO4. The van der Waals surface area contributed by atoms with Gasteiger partial charge in [0.2, 0.25) is 5.91 Å². The highest BCUT2D eigenvalue weighted by Crippen LogP contribution is 2.24. The highest BCUT2D eigenvalue weighted by atomic mass is 19.4. The van der Waals surface area contributed by atoms with Crippen LogP contribution in [0.5, 0.6) is 5.75 Å². The Hall–Kier alpha value is -2.25. The van der Waals surface area contributed by atoms with Crippen molar-refractivity contribution < 1.29 is 32.6 Å². The van der Waals surface area contributed by atoms with Gasteiger partial charge in [0, 0.05) is 12.5 Å². The summed E-state index contributed by atoms with van der Waals surface area (Å²) in [4.78, 5) is 22.3. The van der Waals surface area contributed by atoms with Gasteiger partial charge in [-0.05, 0) is 12.1 Å². The van der Waals surface area contributed by atoms with Crippen LogP contribution in [0.2, 0.25) is 0 Å². The maximum atomic E-state index is 12.0. The Morgan fingerprint density at radius 2 is 2.00 bits per heavy atom. The normalized spacial score (nSPS) is 11.0. The molecule has 0 heterocycles. The molecule has 0 spiro atoms. The molecular weight excluding hydrogens is 279 g/mol. The number of carboxylic acid groups (broad SMARTS) is 1. The average molecular weight is 291 g/mol. The van der Waals surface area contributed by atoms with Crippen LogP contribution in [0.4, 0.5) is 18.9 Å². The number of amides is 1. The van der Waals surface area contributed by atoms with Gasteiger partial charge in [0.15, 0.2) is 0 Å². The van der Waals surface area contributed by atoms with Crippen molar-refractivity contribution in [2.24, 2.45) is 0 Å². The first-order valence-corrected chi connectivity index (χ1v) is 5.51. The minimum Gasteiger partial charge on any atom is -0.497 e. The van der Waals surface area contributed by atoms with Crippen molar-refractivity contribution in [2.45, 2.75) is 19.0 Å². The third kappa shape index (κ3) is 4.79. The lowest BCUT2D eigenvalue weighted by Gasteiger charge is -2.11. The first kappa shape index (κ1) is 15.8. The van der Waals surface area contributed by atoms with Gasteiger partial charge in [-0.1, -0.05) is 0 Å². The fraction of sp³-hybridized carbons (Fsp3) is 0.333. The van der Waals surface area contributed by atoms with Crippen molar-refractivity contribution in [1.29, 1.82) is 0 Å². The summed E-state index contributed by atoms with van der Waals surface area (Å²) in [5.41, 5.74) is -0.338. The van der Waals surface area contributed by atoms with Crippen LogP contribution in [0.15, 0.2) is 18.2 Å². The minimum atomic E-state index is -4.44. The highest BCUT2D eigenvalue weighted by molar-refractivity contribution is 6.00. The Morgan fingerprint density at radius 1 is 1.35 bits per heavy atom. The van der Waals surface area contributed by atoms with E-state index < -0.39 is 30.9 Å². The van der Waals surface area contributed by atoms with E-state index in [4.69, 9.17) is 9.84 Å². The van der Waals surface area contributed by atoms with Gasteiger partial charge in [0.05, 0.1) is 24.8 Å². The molecule has 0 aromatic heterocycles. The summed E-state index contributed by atoms with van der Waals surface area (Å²) < 4.78 is 40.8. The van der Waals surface area contributed by atoms with Crippen molar-refractivity contribution in [3.63, 3.8) is 0 Å². The largest absolute Gasteiger partial charge is 0.497 e. The molecule has 0 aliphatic heterocycles. The van der Waals surface area contributed by atoms with Crippen molar-refractivity contribution in [2.75, 3.05) is 12.4 Å². The summed E-state index contributed by atoms with van der Waals surface area (Å²) in [6.07, 6.45) is -6.49. The standard InChI is InChI=1S/C12H12F3NO4/c1-20-7-2-3-8(11(18)19)9(6-7)16-10(17)4-5-12(13,14)15/h2-3,6H,4-5H2,1H3,(H,16,17)(H,18,19). The van der Waals surface area contributed by atoms with E-state index in [0.29, 0.717) is 0 Å². The van der Waals surface area contributed by atoms with E-state index in [0.717, 1.165) is 0 Å². The Kier molecular flexibility index (Phi) is 4.95. The smallest absolute Gasteiger partial charge is 0.389 e. The Balaban J connectivity index is 2.84. The van der Waals surface area contributed by atoms with Crippen LogP contribution in [0.1, 0.15) is 23.2 Å². The van der Waals surface area contributed by atoms with E-state index in [1.54, 1.807) is 0 Å². The minimum absolute atomic E-state index is 0.107. The Labute approximate surface area is 112 Å². The molecule has 0 bridgehead atoms. The Morgan fingerprint density at radius 3 is 2.50 bits per heavy atom. The second-order valence-corrected chi connectivity index (χ2v) is 3.88. The Bertz CT molecular complexity index is 514. The van der Waals surface area contributed by atoms with E-state index in [2.05, 4.69) is 5.32 Å². The maximum absolute atomic E-state index is 12.0. The molecule has 0 saturated carbocycles. The predicted molar refractivity (Wildman–Crippen MR) is 63.9 cm³/mol. The van der Waals surface area contributed by atoms with Crippen LogP contribution in [0.3, 0.4) is 0 Å². The fourth-order valence-electron chi connectivity index (χ4n) is 1.41.